The van der Waals surface area contributed by atoms with E-state index in [1.54, 1.807) is 21.9 Å². The Morgan fingerprint density at radius 3 is 2.35 bits per heavy atom. The average molecular weight is 338 g/mol. The van der Waals surface area contributed by atoms with Crippen molar-refractivity contribution in [3.8, 4) is 0 Å². The number of nitrogens with zero attached hydrogens (tertiary/aromatic N) is 2. The van der Waals surface area contributed by atoms with Crippen molar-refractivity contribution < 1.29 is 9.59 Å². The number of piperazine rings is 1. The fraction of sp³-hybridized carbons (Fsp3) is 0.529. The Balaban J connectivity index is 1.86. The van der Waals surface area contributed by atoms with Crippen molar-refractivity contribution in [1.29, 1.82) is 0 Å². The lowest BCUT2D eigenvalue weighted by Crippen LogP contribution is -2.55. The van der Waals surface area contributed by atoms with Crippen molar-refractivity contribution in [2.75, 3.05) is 26.2 Å². The lowest BCUT2D eigenvalue weighted by molar-refractivity contribution is -0.140. The third kappa shape index (κ3) is 4.69. The summed E-state index contributed by atoms with van der Waals surface area (Å²) in [5.74, 6) is 0.152. The largest absolute Gasteiger partial charge is 0.339 e. The maximum atomic E-state index is 12.4. The molecular formula is C17H24ClN3O2. The molecular weight excluding hydrogens is 314 g/mol. The van der Waals surface area contributed by atoms with Crippen LogP contribution in [0, 0.1) is 5.92 Å². The highest BCUT2D eigenvalue weighted by molar-refractivity contribution is 6.30. The molecule has 1 aliphatic heterocycles. The summed E-state index contributed by atoms with van der Waals surface area (Å²) in [5, 5.41) is 0.633. The number of carbonyl (C=O) groups is 2. The summed E-state index contributed by atoms with van der Waals surface area (Å²) in [6.07, 6.45) is 0.333. The molecule has 1 heterocycles. The van der Waals surface area contributed by atoms with E-state index >= 15 is 0 Å². The van der Waals surface area contributed by atoms with E-state index in [4.69, 9.17) is 17.3 Å². The number of amides is 2. The predicted octanol–water partition coefficient (Wildman–Crippen LogP) is 1.54. The number of halogens is 1. The molecule has 1 aromatic carbocycles. The van der Waals surface area contributed by atoms with Crippen LogP contribution in [0.25, 0.3) is 0 Å². The fourth-order valence-electron chi connectivity index (χ4n) is 2.61. The van der Waals surface area contributed by atoms with E-state index in [-0.39, 0.29) is 17.7 Å². The highest BCUT2D eigenvalue weighted by atomic mass is 35.5. The molecule has 0 radical (unpaired) electrons. The second kappa shape index (κ2) is 7.79. The molecule has 23 heavy (non-hydrogen) atoms. The molecule has 1 aliphatic rings. The molecule has 5 nitrogen and oxygen atoms in total. The molecule has 6 heteroatoms. The highest BCUT2D eigenvalue weighted by Gasteiger charge is 2.28. The van der Waals surface area contributed by atoms with E-state index < -0.39 is 6.04 Å². The van der Waals surface area contributed by atoms with Gasteiger partial charge in [0.2, 0.25) is 11.8 Å². The molecule has 2 rings (SSSR count). The van der Waals surface area contributed by atoms with E-state index in [1.165, 1.54) is 0 Å². The number of hydrogen-bond acceptors (Lipinski definition) is 3. The Hall–Kier alpha value is -1.59. The number of rotatable bonds is 4. The summed E-state index contributed by atoms with van der Waals surface area (Å²) in [4.78, 5) is 28.1. The van der Waals surface area contributed by atoms with Crippen molar-refractivity contribution in [3.63, 3.8) is 0 Å². The van der Waals surface area contributed by atoms with Crippen LogP contribution >= 0.6 is 11.6 Å². The second-order valence-corrected chi connectivity index (χ2v) is 6.72. The second-order valence-electron chi connectivity index (χ2n) is 6.28. The normalized spacial score (nSPS) is 16.6. The monoisotopic (exact) mass is 337 g/mol. The van der Waals surface area contributed by atoms with Gasteiger partial charge in [0.25, 0.3) is 0 Å². The summed E-state index contributed by atoms with van der Waals surface area (Å²) >= 11 is 5.94. The van der Waals surface area contributed by atoms with Crippen molar-refractivity contribution in [2.24, 2.45) is 11.7 Å². The van der Waals surface area contributed by atoms with Gasteiger partial charge in [0, 0.05) is 31.2 Å². The minimum Gasteiger partial charge on any atom is -0.339 e. The maximum absolute atomic E-state index is 12.4. The first-order valence-electron chi connectivity index (χ1n) is 7.95. The van der Waals surface area contributed by atoms with Gasteiger partial charge < -0.3 is 15.5 Å². The van der Waals surface area contributed by atoms with Crippen LogP contribution in [0.3, 0.4) is 0 Å². The number of carbonyl (C=O) groups excluding carboxylic acids is 2. The maximum Gasteiger partial charge on any atom is 0.239 e. The Morgan fingerprint density at radius 2 is 1.78 bits per heavy atom. The third-order valence-corrected chi connectivity index (χ3v) is 4.43. The number of hydrogen-bond donors (Lipinski definition) is 1. The summed E-state index contributed by atoms with van der Waals surface area (Å²) in [5.41, 5.74) is 6.82. The smallest absolute Gasteiger partial charge is 0.239 e. The lowest BCUT2D eigenvalue weighted by atomic mass is 10.0. The van der Waals surface area contributed by atoms with Crippen LogP contribution in [-0.2, 0) is 16.0 Å². The first kappa shape index (κ1) is 17.8. The van der Waals surface area contributed by atoms with Crippen LogP contribution in [0.5, 0.6) is 0 Å². The van der Waals surface area contributed by atoms with Crippen molar-refractivity contribution >= 4 is 23.4 Å². The molecule has 1 fully saturated rings. The Morgan fingerprint density at radius 1 is 1.17 bits per heavy atom. The van der Waals surface area contributed by atoms with Crippen LogP contribution in [0.2, 0.25) is 5.02 Å². The molecule has 1 atom stereocenters. The Kier molecular flexibility index (Phi) is 6.02. The van der Waals surface area contributed by atoms with Gasteiger partial charge in [0.1, 0.15) is 0 Å². The number of nitrogens with two attached hydrogens (primary N) is 1. The van der Waals surface area contributed by atoms with E-state index in [1.807, 2.05) is 26.0 Å². The number of benzene rings is 1. The zero-order valence-electron chi connectivity index (χ0n) is 13.7. The molecule has 0 aliphatic carbocycles. The minimum atomic E-state index is -0.469. The molecule has 0 aromatic heterocycles. The molecule has 2 N–H and O–H groups in total. The van der Waals surface area contributed by atoms with Gasteiger partial charge in [-0.05, 0) is 23.6 Å². The zero-order valence-corrected chi connectivity index (χ0v) is 14.4. The van der Waals surface area contributed by atoms with E-state index in [0.717, 1.165) is 5.56 Å². The standard InChI is InChI=1S/C17H24ClN3O2/c1-12(2)16(19)17(23)21-8-6-20(7-9-21)15(22)11-13-4-3-5-14(18)10-13/h3-5,10,12,16H,6-9,11,19H2,1-2H3/t16-/m1/s1. The van der Waals surface area contributed by atoms with E-state index in [2.05, 4.69) is 0 Å². The summed E-state index contributed by atoms with van der Waals surface area (Å²) in [7, 11) is 0. The van der Waals surface area contributed by atoms with Gasteiger partial charge in [-0.3, -0.25) is 9.59 Å². The molecule has 0 spiro atoms. The topological polar surface area (TPSA) is 66.6 Å². The predicted molar refractivity (Wildman–Crippen MR) is 91.1 cm³/mol. The quantitative estimate of drug-likeness (QED) is 0.906. The molecule has 0 unspecified atom stereocenters. The van der Waals surface area contributed by atoms with E-state index in [9.17, 15) is 9.59 Å². The van der Waals surface area contributed by atoms with Gasteiger partial charge in [-0.25, -0.2) is 0 Å². The Labute approximate surface area is 142 Å². The van der Waals surface area contributed by atoms with Gasteiger partial charge in [-0.15, -0.1) is 0 Å². The molecule has 2 amide bonds. The van der Waals surface area contributed by atoms with Gasteiger partial charge in [0.05, 0.1) is 12.5 Å². The van der Waals surface area contributed by atoms with Gasteiger partial charge in [0.15, 0.2) is 0 Å². The van der Waals surface area contributed by atoms with Crippen molar-refractivity contribution in [1.82, 2.24) is 9.80 Å². The first-order valence-corrected chi connectivity index (χ1v) is 8.33. The van der Waals surface area contributed by atoms with Gasteiger partial charge in [-0.1, -0.05) is 37.6 Å². The van der Waals surface area contributed by atoms with Crippen LogP contribution in [0.4, 0.5) is 0 Å². The first-order chi connectivity index (χ1) is 10.9. The van der Waals surface area contributed by atoms with Crippen molar-refractivity contribution in [2.45, 2.75) is 26.3 Å². The van der Waals surface area contributed by atoms with Crippen LogP contribution in [0.15, 0.2) is 24.3 Å². The van der Waals surface area contributed by atoms with Gasteiger partial charge in [-0.2, -0.15) is 0 Å². The molecule has 0 bridgehead atoms. The molecule has 1 saturated heterocycles. The summed E-state index contributed by atoms with van der Waals surface area (Å²) in [6, 6.07) is 6.86. The van der Waals surface area contributed by atoms with Crippen molar-refractivity contribution in [3.05, 3.63) is 34.9 Å². The zero-order chi connectivity index (χ0) is 17.0. The summed E-state index contributed by atoms with van der Waals surface area (Å²) in [6.45, 7) is 6.06. The van der Waals surface area contributed by atoms with Crippen LogP contribution in [0.1, 0.15) is 19.4 Å². The van der Waals surface area contributed by atoms with Gasteiger partial charge >= 0.3 is 0 Å². The lowest BCUT2D eigenvalue weighted by Gasteiger charge is -2.36. The molecule has 1 aromatic rings. The Bertz CT molecular complexity index is 569. The van der Waals surface area contributed by atoms with Crippen LogP contribution < -0.4 is 5.73 Å². The van der Waals surface area contributed by atoms with Crippen LogP contribution in [-0.4, -0.2) is 53.8 Å². The SMILES string of the molecule is CC(C)[C@@H](N)C(=O)N1CCN(C(=O)Cc2cccc(Cl)c2)CC1. The summed E-state index contributed by atoms with van der Waals surface area (Å²) < 4.78 is 0. The molecule has 0 saturated carbocycles. The van der Waals surface area contributed by atoms with E-state index in [0.29, 0.717) is 37.6 Å². The fourth-order valence-corrected chi connectivity index (χ4v) is 2.82. The highest BCUT2D eigenvalue weighted by Crippen LogP contribution is 2.13. The molecule has 126 valence electrons. The average Bonchev–Trinajstić information content (AvgIpc) is 2.53. The third-order valence-electron chi connectivity index (χ3n) is 4.19. The minimum absolute atomic E-state index is 0.0260.